The molecule has 2 aromatic rings. The van der Waals surface area contributed by atoms with Crippen LogP contribution in [0, 0.1) is 19.8 Å². The van der Waals surface area contributed by atoms with Gasteiger partial charge in [-0.1, -0.05) is 26.2 Å². The monoisotopic (exact) mass is 272 g/mol. The van der Waals surface area contributed by atoms with Gasteiger partial charge in [-0.25, -0.2) is 9.97 Å². The number of nitrogens with two attached hydrogens (primary N) is 1. The van der Waals surface area contributed by atoms with Gasteiger partial charge in [-0.2, -0.15) is 0 Å². The van der Waals surface area contributed by atoms with Gasteiger partial charge in [0.05, 0.1) is 5.39 Å². The van der Waals surface area contributed by atoms with E-state index in [1.165, 1.54) is 43.4 Å². The highest BCUT2D eigenvalue weighted by atomic mass is 15.1. The molecular weight excluding hydrogens is 248 g/mol. The summed E-state index contributed by atoms with van der Waals surface area (Å²) >= 11 is 0. The molecule has 0 aromatic carbocycles. The first kappa shape index (κ1) is 13.4. The molecule has 1 saturated carbocycles. The lowest BCUT2D eigenvalue weighted by molar-refractivity contribution is 0.336. The Morgan fingerprint density at radius 2 is 1.90 bits per heavy atom. The summed E-state index contributed by atoms with van der Waals surface area (Å²) in [5.41, 5.74) is 9.62. The highest BCUT2D eigenvalue weighted by molar-refractivity contribution is 5.90. The number of nitrogen functional groups attached to an aromatic ring is 1. The smallest absolute Gasteiger partial charge is 0.146 e. The van der Waals surface area contributed by atoms with Crippen LogP contribution >= 0.6 is 0 Å². The van der Waals surface area contributed by atoms with Gasteiger partial charge < -0.3 is 10.3 Å². The zero-order valence-corrected chi connectivity index (χ0v) is 12.7. The van der Waals surface area contributed by atoms with Gasteiger partial charge in [0.25, 0.3) is 0 Å². The molecule has 1 fully saturated rings. The van der Waals surface area contributed by atoms with E-state index < -0.39 is 0 Å². The largest absolute Gasteiger partial charge is 0.383 e. The minimum atomic E-state index is 0.544. The number of hydrogen-bond acceptors (Lipinski definition) is 3. The molecule has 2 atom stereocenters. The fourth-order valence-corrected chi connectivity index (χ4v) is 3.72. The van der Waals surface area contributed by atoms with E-state index in [-0.39, 0.29) is 0 Å². The van der Waals surface area contributed by atoms with Crippen LogP contribution in [0.3, 0.4) is 0 Å². The van der Waals surface area contributed by atoms with E-state index in [9.17, 15) is 0 Å². The van der Waals surface area contributed by atoms with E-state index in [0.717, 1.165) is 11.0 Å². The fourth-order valence-electron chi connectivity index (χ4n) is 3.72. The predicted octanol–water partition coefficient (Wildman–Crippen LogP) is 3.77. The standard InChI is InChI=1S/C16H24N4/c1-10-7-5-4-6-8-13(10)20-12(3)11(2)14-15(17)18-9-19-16(14)20/h9-10,13H,4-8H2,1-3H3,(H2,17,18,19). The van der Waals surface area contributed by atoms with Crippen molar-refractivity contribution in [3.8, 4) is 0 Å². The lowest BCUT2D eigenvalue weighted by Gasteiger charge is -2.25. The van der Waals surface area contributed by atoms with E-state index in [0.29, 0.717) is 17.8 Å². The van der Waals surface area contributed by atoms with Crippen LogP contribution in [0.25, 0.3) is 11.0 Å². The van der Waals surface area contributed by atoms with E-state index >= 15 is 0 Å². The number of aromatic nitrogens is 3. The minimum Gasteiger partial charge on any atom is -0.383 e. The number of nitrogens with zero attached hydrogens (tertiary/aromatic N) is 3. The third-order valence-corrected chi connectivity index (χ3v) is 5.01. The molecule has 3 rings (SSSR count). The first-order valence-corrected chi connectivity index (χ1v) is 7.68. The van der Waals surface area contributed by atoms with E-state index in [1.54, 1.807) is 6.33 Å². The van der Waals surface area contributed by atoms with Gasteiger partial charge in [0.15, 0.2) is 0 Å². The molecular formula is C16H24N4. The van der Waals surface area contributed by atoms with Gasteiger partial charge in [-0.15, -0.1) is 0 Å². The molecule has 0 radical (unpaired) electrons. The van der Waals surface area contributed by atoms with Crippen molar-refractivity contribution >= 4 is 16.9 Å². The van der Waals surface area contributed by atoms with Crippen molar-refractivity contribution in [2.45, 2.75) is 58.9 Å². The van der Waals surface area contributed by atoms with Crippen molar-refractivity contribution in [2.75, 3.05) is 5.73 Å². The average Bonchev–Trinajstić information content (AvgIpc) is 2.58. The lowest BCUT2D eigenvalue weighted by Crippen LogP contribution is -2.17. The van der Waals surface area contributed by atoms with E-state index in [1.807, 2.05) is 0 Å². The van der Waals surface area contributed by atoms with E-state index in [4.69, 9.17) is 5.73 Å². The molecule has 0 bridgehead atoms. The maximum Gasteiger partial charge on any atom is 0.146 e. The van der Waals surface area contributed by atoms with Crippen LogP contribution in [-0.2, 0) is 0 Å². The lowest BCUT2D eigenvalue weighted by atomic mass is 9.96. The molecule has 1 aliphatic carbocycles. The summed E-state index contributed by atoms with van der Waals surface area (Å²) in [5.74, 6) is 1.30. The van der Waals surface area contributed by atoms with Crippen LogP contribution in [0.15, 0.2) is 6.33 Å². The van der Waals surface area contributed by atoms with Crippen molar-refractivity contribution < 1.29 is 0 Å². The summed E-state index contributed by atoms with van der Waals surface area (Å²) in [6, 6.07) is 0.544. The van der Waals surface area contributed by atoms with Crippen LogP contribution in [0.5, 0.6) is 0 Å². The molecule has 2 heterocycles. The number of anilines is 1. The third-order valence-electron chi connectivity index (χ3n) is 5.01. The van der Waals surface area contributed by atoms with Crippen molar-refractivity contribution in [3.05, 3.63) is 17.6 Å². The first-order chi connectivity index (χ1) is 9.61. The summed E-state index contributed by atoms with van der Waals surface area (Å²) in [5, 5.41) is 1.04. The highest BCUT2D eigenvalue weighted by Gasteiger charge is 2.26. The Morgan fingerprint density at radius 1 is 1.15 bits per heavy atom. The Hall–Kier alpha value is -1.58. The second-order valence-corrected chi connectivity index (χ2v) is 6.22. The maximum absolute atomic E-state index is 6.07. The topological polar surface area (TPSA) is 56.7 Å². The van der Waals surface area contributed by atoms with Crippen LogP contribution in [-0.4, -0.2) is 14.5 Å². The van der Waals surface area contributed by atoms with Crippen LogP contribution in [0.4, 0.5) is 5.82 Å². The predicted molar refractivity (Wildman–Crippen MR) is 82.7 cm³/mol. The summed E-state index contributed by atoms with van der Waals surface area (Å²) in [4.78, 5) is 8.69. The Balaban J connectivity index is 2.20. The summed E-state index contributed by atoms with van der Waals surface area (Å²) in [6.07, 6.45) is 8.17. The number of rotatable bonds is 1. The summed E-state index contributed by atoms with van der Waals surface area (Å²) in [6.45, 7) is 6.70. The van der Waals surface area contributed by atoms with Gasteiger partial charge in [-0.05, 0) is 38.2 Å². The molecule has 0 amide bonds. The van der Waals surface area contributed by atoms with Crippen molar-refractivity contribution in [1.29, 1.82) is 0 Å². The molecule has 0 spiro atoms. The van der Waals surface area contributed by atoms with Gasteiger partial charge in [0.1, 0.15) is 17.8 Å². The minimum absolute atomic E-state index is 0.544. The molecule has 2 aromatic heterocycles. The quantitative estimate of drug-likeness (QED) is 0.804. The normalized spacial score (nSPS) is 23.9. The first-order valence-electron chi connectivity index (χ1n) is 7.68. The van der Waals surface area contributed by atoms with Gasteiger partial charge >= 0.3 is 0 Å². The zero-order valence-electron chi connectivity index (χ0n) is 12.7. The number of hydrogen-bond donors (Lipinski definition) is 1. The zero-order chi connectivity index (χ0) is 14.3. The van der Waals surface area contributed by atoms with E-state index in [2.05, 4.69) is 35.3 Å². The van der Waals surface area contributed by atoms with Crippen molar-refractivity contribution in [3.63, 3.8) is 0 Å². The molecule has 0 aliphatic heterocycles. The molecule has 4 nitrogen and oxygen atoms in total. The second-order valence-electron chi connectivity index (χ2n) is 6.22. The molecule has 0 saturated heterocycles. The average molecular weight is 272 g/mol. The highest BCUT2D eigenvalue weighted by Crippen LogP contribution is 2.38. The Labute approximate surface area is 120 Å². The second kappa shape index (κ2) is 5.08. The Kier molecular flexibility index (Phi) is 3.40. The van der Waals surface area contributed by atoms with Crippen LogP contribution < -0.4 is 5.73 Å². The number of fused-ring (bicyclic) bond motifs is 1. The van der Waals surface area contributed by atoms with Gasteiger partial charge in [-0.3, -0.25) is 0 Å². The molecule has 2 unspecified atom stereocenters. The van der Waals surface area contributed by atoms with Crippen LogP contribution in [0.1, 0.15) is 56.3 Å². The van der Waals surface area contributed by atoms with Crippen molar-refractivity contribution in [1.82, 2.24) is 14.5 Å². The molecule has 108 valence electrons. The van der Waals surface area contributed by atoms with Gasteiger partial charge in [0.2, 0.25) is 0 Å². The molecule has 20 heavy (non-hydrogen) atoms. The van der Waals surface area contributed by atoms with Gasteiger partial charge in [0, 0.05) is 11.7 Å². The Bertz CT molecular complexity index is 629. The molecule has 2 N–H and O–H groups in total. The van der Waals surface area contributed by atoms with Crippen LogP contribution in [0.2, 0.25) is 0 Å². The maximum atomic E-state index is 6.07. The molecule has 1 aliphatic rings. The molecule has 4 heteroatoms. The third kappa shape index (κ3) is 1.98. The summed E-state index contributed by atoms with van der Waals surface area (Å²) < 4.78 is 2.43. The fraction of sp³-hybridized carbons (Fsp3) is 0.625. The SMILES string of the molecule is Cc1c(C)n(C2CCCCCC2C)c2ncnc(N)c12. The Morgan fingerprint density at radius 3 is 2.70 bits per heavy atom. The van der Waals surface area contributed by atoms with Crippen molar-refractivity contribution in [2.24, 2.45) is 5.92 Å². The number of aryl methyl sites for hydroxylation is 1. The summed E-state index contributed by atoms with van der Waals surface area (Å²) in [7, 11) is 0.